The smallest absolute Gasteiger partial charge is 0.136 e. The summed E-state index contributed by atoms with van der Waals surface area (Å²) in [4.78, 5) is 7.43. The van der Waals surface area contributed by atoms with Gasteiger partial charge in [-0.05, 0) is 98.3 Å². The molecule has 35 heavy (non-hydrogen) atoms. The molecular weight excluding hydrogens is 466 g/mol. The molecule has 2 heterocycles. The molecule has 1 aromatic heterocycles. The van der Waals surface area contributed by atoms with E-state index >= 15 is 4.39 Å². The van der Waals surface area contributed by atoms with Gasteiger partial charge in [0.05, 0.1) is 12.6 Å². The summed E-state index contributed by atoms with van der Waals surface area (Å²) in [5, 5.41) is 10.8. The van der Waals surface area contributed by atoms with Gasteiger partial charge in [0.15, 0.2) is 0 Å². The first-order chi connectivity index (χ1) is 17.1. The number of benzene rings is 2. The molecule has 2 aromatic carbocycles. The van der Waals surface area contributed by atoms with Crippen molar-refractivity contribution in [3.05, 3.63) is 66.1 Å². The summed E-state index contributed by atoms with van der Waals surface area (Å²) < 4.78 is 34.4. The first-order valence-electron chi connectivity index (χ1n) is 12.4. The van der Waals surface area contributed by atoms with Crippen molar-refractivity contribution < 1.29 is 18.6 Å². The van der Waals surface area contributed by atoms with Crippen LogP contribution in [0.3, 0.4) is 0 Å². The first-order valence-corrected chi connectivity index (χ1v) is 13.3. The minimum absolute atomic E-state index is 0.123. The SMILES string of the molecule is COc1ccc2nccc(C(F)CC[C@@H]3CCN(CCCSc4ccccc4F)C[C@@H]3CO)c2c1. The molecule has 1 saturated heterocycles. The van der Waals surface area contributed by atoms with Gasteiger partial charge in [-0.15, -0.1) is 11.8 Å². The van der Waals surface area contributed by atoms with Gasteiger partial charge >= 0.3 is 0 Å². The third-order valence-electron chi connectivity index (χ3n) is 7.03. The van der Waals surface area contributed by atoms with Crippen LogP contribution in [0.4, 0.5) is 8.78 Å². The summed E-state index contributed by atoms with van der Waals surface area (Å²) in [6, 6.07) is 14.2. The number of aliphatic hydroxyl groups excluding tert-OH is 1. The Kier molecular flexibility index (Phi) is 9.35. The molecule has 4 nitrogen and oxygen atoms in total. The number of piperidine rings is 1. The van der Waals surface area contributed by atoms with Gasteiger partial charge in [-0.1, -0.05) is 12.1 Å². The van der Waals surface area contributed by atoms with Crippen molar-refractivity contribution in [2.24, 2.45) is 11.8 Å². The lowest BCUT2D eigenvalue weighted by Gasteiger charge is -2.38. The van der Waals surface area contributed by atoms with Crippen LogP contribution in [-0.2, 0) is 0 Å². The summed E-state index contributed by atoms with van der Waals surface area (Å²) in [5.41, 5.74) is 1.42. The van der Waals surface area contributed by atoms with Crippen LogP contribution < -0.4 is 4.74 Å². The van der Waals surface area contributed by atoms with Crippen LogP contribution in [0, 0.1) is 17.7 Å². The maximum atomic E-state index is 15.4. The maximum absolute atomic E-state index is 15.4. The Morgan fingerprint density at radius 1 is 1.20 bits per heavy atom. The fourth-order valence-corrected chi connectivity index (χ4v) is 5.91. The van der Waals surface area contributed by atoms with E-state index in [1.807, 2.05) is 30.3 Å². The molecule has 3 aromatic rings. The number of fused-ring (bicyclic) bond motifs is 1. The second kappa shape index (κ2) is 12.7. The first kappa shape index (κ1) is 25.9. The van der Waals surface area contributed by atoms with E-state index in [4.69, 9.17) is 4.74 Å². The quantitative estimate of drug-likeness (QED) is 0.248. The molecule has 7 heteroatoms. The molecule has 0 radical (unpaired) electrons. The van der Waals surface area contributed by atoms with E-state index in [1.54, 1.807) is 37.2 Å². The molecule has 4 rings (SSSR count). The number of thioether (sulfide) groups is 1. The van der Waals surface area contributed by atoms with E-state index < -0.39 is 6.17 Å². The van der Waals surface area contributed by atoms with Crippen molar-refractivity contribution in [1.29, 1.82) is 0 Å². The largest absolute Gasteiger partial charge is 0.497 e. The van der Waals surface area contributed by atoms with E-state index in [9.17, 15) is 9.50 Å². The third kappa shape index (κ3) is 6.72. The van der Waals surface area contributed by atoms with E-state index in [0.717, 1.165) is 55.6 Å². The standard InChI is InChI=1S/C28H34F2N2O2S/c1-34-22-8-10-27-24(17-22)23(11-13-31-27)25(29)9-7-20-12-15-32(18-21(20)19-33)14-4-16-35-28-6-3-2-5-26(28)30/h2-3,5-6,8,10-11,13,17,20-21,25,33H,4,7,9,12,14-16,18-19H2,1H3/t20-,21-,25?/m1/s1. The van der Waals surface area contributed by atoms with Crippen LogP contribution in [0.2, 0.25) is 0 Å². The number of likely N-dealkylation sites (tertiary alicyclic amines) is 1. The molecule has 1 aliphatic rings. The summed E-state index contributed by atoms with van der Waals surface area (Å²) >= 11 is 1.55. The lowest BCUT2D eigenvalue weighted by molar-refractivity contribution is 0.0640. The van der Waals surface area contributed by atoms with Crippen LogP contribution in [0.15, 0.2) is 59.6 Å². The van der Waals surface area contributed by atoms with Crippen LogP contribution >= 0.6 is 11.8 Å². The lowest BCUT2D eigenvalue weighted by Crippen LogP contribution is -2.42. The fourth-order valence-electron chi connectivity index (χ4n) is 5.04. The monoisotopic (exact) mass is 500 g/mol. The van der Waals surface area contributed by atoms with Gasteiger partial charge in [0.1, 0.15) is 17.7 Å². The van der Waals surface area contributed by atoms with Crippen LogP contribution in [0.25, 0.3) is 10.9 Å². The number of aliphatic hydroxyl groups is 1. The number of pyridine rings is 1. The van der Waals surface area contributed by atoms with Gasteiger partial charge in [-0.2, -0.15) is 0 Å². The van der Waals surface area contributed by atoms with Crippen LogP contribution in [0.5, 0.6) is 5.75 Å². The summed E-state index contributed by atoms with van der Waals surface area (Å²) in [6.07, 6.45) is 3.68. The Morgan fingerprint density at radius 2 is 2.06 bits per heavy atom. The Morgan fingerprint density at radius 3 is 2.86 bits per heavy atom. The fraction of sp³-hybridized carbons (Fsp3) is 0.464. The lowest BCUT2D eigenvalue weighted by atomic mass is 9.81. The molecule has 0 amide bonds. The van der Waals surface area contributed by atoms with Gasteiger partial charge in [0, 0.05) is 29.6 Å². The number of hydrogen-bond donors (Lipinski definition) is 1. The van der Waals surface area contributed by atoms with Gasteiger partial charge in [-0.3, -0.25) is 4.98 Å². The second-order valence-electron chi connectivity index (χ2n) is 9.25. The van der Waals surface area contributed by atoms with Crippen molar-refractivity contribution >= 4 is 22.7 Å². The van der Waals surface area contributed by atoms with Crippen molar-refractivity contribution in [2.45, 2.75) is 36.8 Å². The molecule has 188 valence electrons. The molecule has 1 N–H and O–H groups in total. The van der Waals surface area contributed by atoms with Crippen LogP contribution in [0.1, 0.15) is 37.4 Å². The predicted octanol–water partition coefficient (Wildman–Crippen LogP) is 6.29. The molecule has 1 aliphatic heterocycles. The number of aromatic nitrogens is 1. The van der Waals surface area contributed by atoms with E-state index in [2.05, 4.69) is 9.88 Å². The summed E-state index contributed by atoms with van der Waals surface area (Å²) in [7, 11) is 1.60. The molecule has 3 atom stereocenters. The number of halogens is 2. The highest BCUT2D eigenvalue weighted by Crippen LogP contribution is 2.35. The van der Waals surface area contributed by atoms with Gasteiger partial charge in [0.25, 0.3) is 0 Å². The zero-order valence-corrected chi connectivity index (χ0v) is 21.0. The molecule has 0 bridgehead atoms. The summed E-state index contributed by atoms with van der Waals surface area (Å²) in [6.45, 7) is 2.84. The zero-order valence-electron chi connectivity index (χ0n) is 20.2. The number of ether oxygens (including phenoxy) is 1. The molecule has 0 aliphatic carbocycles. The van der Waals surface area contributed by atoms with Crippen LogP contribution in [-0.4, -0.2) is 54.1 Å². The minimum Gasteiger partial charge on any atom is -0.497 e. The highest BCUT2D eigenvalue weighted by molar-refractivity contribution is 7.99. The number of nitrogens with zero attached hydrogens (tertiary/aromatic N) is 2. The maximum Gasteiger partial charge on any atom is 0.136 e. The van der Waals surface area contributed by atoms with E-state index in [1.165, 1.54) is 6.07 Å². The number of methoxy groups -OCH3 is 1. The molecule has 0 spiro atoms. The highest BCUT2D eigenvalue weighted by atomic mass is 32.2. The van der Waals surface area contributed by atoms with Crippen molar-refractivity contribution in [3.63, 3.8) is 0 Å². The van der Waals surface area contributed by atoms with E-state index in [0.29, 0.717) is 28.5 Å². The number of alkyl halides is 1. The highest BCUT2D eigenvalue weighted by Gasteiger charge is 2.29. The topological polar surface area (TPSA) is 45.6 Å². The van der Waals surface area contributed by atoms with Crippen molar-refractivity contribution in [2.75, 3.05) is 39.1 Å². The molecular formula is C28H34F2N2O2S. The summed E-state index contributed by atoms with van der Waals surface area (Å²) in [5.74, 6) is 1.86. The minimum atomic E-state index is -1.08. The van der Waals surface area contributed by atoms with Gasteiger partial charge in [0.2, 0.25) is 0 Å². The zero-order chi connectivity index (χ0) is 24.6. The number of rotatable bonds is 11. The Balaban J connectivity index is 1.26. The third-order valence-corrected chi connectivity index (χ3v) is 8.17. The molecule has 0 saturated carbocycles. The van der Waals surface area contributed by atoms with Crippen molar-refractivity contribution in [3.8, 4) is 5.75 Å². The second-order valence-corrected chi connectivity index (χ2v) is 10.4. The Labute approximate surface area is 210 Å². The molecule has 1 unspecified atom stereocenters. The van der Waals surface area contributed by atoms with E-state index in [-0.39, 0.29) is 18.3 Å². The average Bonchev–Trinajstić information content (AvgIpc) is 2.90. The Bertz CT molecular complexity index is 1100. The predicted molar refractivity (Wildman–Crippen MR) is 138 cm³/mol. The Hall–Kier alpha value is -2.22. The number of hydrogen-bond acceptors (Lipinski definition) is 5. The molecule has 1 fully saturated rings. The normalized spacial score (nSPS) is 19.7. The van der Waals surface area contributed by atoms with Gasteiger partial charge in [-0.25, -0.2) is 8.78 Å². The average molecular weight is 501 g/mol. The van der Waals surface area contributed by atoms with Gasteiger partial charge < -0.3 is 14.7 Å². The van der Waals surface area contributed by atoms with Crippen molar-refractivity contribution in [1.82, 2.24) is 9.88 Å².